The van der Waals surface area contributed by atoms with Gasteiger partial charge in [0.2, 0.25) is 10.1 Å². The summed E-state index contributed by atoms with van der Waals surface area (Å²) in [4.78, 5) is 8.06. The lowest BCUT2D eigenvalue weighted by atomic mass is 9.93. The summed E-state index contributed by atoms with van der Waals surface area (Å²) in [6, 6.07) is 0. The Balaban J connectivity index is 1.90. The molecule has 0 bridgehead atoms. The lowest BCUT2D eigenvalue weighted by Gasteiger charge is -2.25. The summed E-state index contributed by atoms with van der Waals surface area (Å²) in [5.74, 6) is 2.41. The Morgan fingerprint density at radius 3 is 2.56 bits per heavy atom. The van der Waals surface area contributed by atoms with Gasteiger partial charge in [-0.25, -0.2) is 9.50 Å². The monoisotopic (exact) mass is 282 g/mol. The summed E-state index contributed by atoms with van der Waals surface area (Å²) in [5.41, 5.74) is 1.21. The smallest absolute Gasteiger partial charge is 0.214 e. The molecule has 6 heteroatoms. The van der Waals surface area contributed by atoms with Crippen LogP contribution in [0.15, 0.2) is 6.20 Å². The highest BCUT2D eigenvalue weighted by molar-refractivity contribution is 7.99. The molecule has 0 radical (unpaired) electrons. The molecule has 2 aromatic rings. The van der Waals surface area contributed by atoms with Crippen LogP contribution in [0.3, 0.4) is 0 Å². The van der Waals surface area contributed by atoms with Gasteiger partial charge in [-0.15, -0.1) is 5.10 Å². The topological polar surface area (TPSA) is 33.4 Å². The van der Waals surface area contributed by atoms with Crippen LogP contribution in [0.2, 0.25) is 0 Å². The molecule has 0 N–H and O–H groups in total. The molecule has 1 aliphatic rings. The lowest BCUT2D eigenvalue weighted by Crippen LogP contribution is -2.32. The number of aromatic nitrogens is 3. The third-order valence-corrected chi connectivity index (χ3v) is 5.01. The van der Waals surface area contributed by atoms with Gasteiger partial charge in [-0.05, 0) is 0 Å². The third-order valence-electron chi connectivity index (χ3n) is 3.08. The Kier molecular flexibility index (Phi) is 3.02. The number of hydrogen-bond acceptors (Lipinski definition) is 5. The highest BCUT2D eigenvalue weighted by Gasteiger charge is 2.21. The molecule has 1 saturated heterocycles. The predicted molar refractivity (Wildman–Crippen MR) is 79.1 cm³/mol. The molecule has 4 nitrogen and oxygen atoms in total. The Hall–Kier alpha value is -0.750. The summed E-state index contributed by atoms with van der Waals surface area (Å²) in [6.45, 7) is 8.76. The molecule has 0 atom stereocenters. The van der Waals surface area contributed by atoms with E-state index in [1.54, 1.807) is 11.3 Å². The maximum absolute atomic E-state index is 4.69. The van der Waals surface area contributed by atoms with Crippen LogP contribution in [0, 0.1) is 0 Å². The van der Waals surface area contributed by atoms with Gasteiger partial charge >= 0.3 is 0 Å². The molecule has 3 rings (SSSR count). The van der Waals surface area contributed by atoms with Gasteiger partial charge in [0, 0.05) is 30.0 Å². The second kappa shape index (κ2) is 4.42. The minimum absolute atomic E-state index is 0.0926. The lowest BCUT2D eigenvalue weighted by molar-refractivity contribution is 0.572. The minimum atomic E-state index is 0.0926. The Morgan fingerprint density at radius 2 is 1.94 bits per heavy atom. The molecule has 0 amide bonds. The van der Waals surface area contributed by atoms with Crippen molar-refractivity contribution in [3.8, 4) is 0 Å². The van der Waals surface area contributed by atoms with E-state index in [0.717, 1.165) is 28.9 Å². The molecule has 1 fully saturated rings. The van der Waals surface area contributed by atoms with Crippen molar-refractivity contribution >= 4 is 33.2 Å². The summed E-state index contributed by atoms with van der Waals surface area (Å²) in [5, 5.41) is 5.77. The van der Waals surface area contributed by atoms with E-state index in [1.807, 2.05) is 16.3 Å². The predicted octanol–water partition coefficient (Wildman–Crippen LogP) is 2.64. The van der Waals surface area contributed by atoms with Crippen molar-refractivity contribution in [3.63, 3.8) is 0 Å². The van der Waals surface area contributed by atoms with Crippen molar-refractivity contribution in [1.29, 1.82) is 0 Å². The van der Waals surface area contributed by atoms with Gasteiger partial charge in [0.15, 0.2) is 0 Å². The van der Waals surface area contributed by atoms with Crippen molar-refractivity contribution < 1.29 is 0 Å². The van der Waals surface area contributed by atoms with E-state index in [9.17, 15) is 0 Å². The van der Waals surface area contributed by atoms with Crippen LogP contribution < -0.4 is 4.90 Å². The number of nitrogens with zero attached hydrogens (tertiary/aromatic N) is 4. The first-order chi connectivity index (χ1) is 8.54. The fourth-order valence-corrected chi connectivity index (χ4v) is 3.77. The van der Waals surface area contributed by atoms with Gasteiger partial charge in [0.1, 0.15) is 0 Å². The highest BCUT2D eigenvalue weighted by atomic mass is 32.2. The standard InChI is InChI=1S/C12H18N4S2/c1-12(2,3)9-8-16-10(13-9)18-11(14-16)15-4-6-17-7-5-15/h8H,4-7H2,1-3H3. The molecule has 18 heavy (non-hydrogen) atoms. The van der Waals surface area contributed by atoms with Crippen LogP contribution in [-0.4, -0.2) is 39.2 Å². The Bertz CT molecular complexity index is 514. The molecule has 3 heterocycles. The molecular weight excluding hydrogens is 264 g/mol. The minimum Gasteiger partial charge on any atom is -0.345 e. The SMILES string of the molecule is CC(C)(C)c1cn2nc(N3CCSCC3)sc2n1. The molecule has 98 valence electrons. The molecule has 1 aliphatic heterocycles. The summed E-state index contributed by atoms with van der Waals surface area (Å²) in [6.07, 6.45) is 2.06. The average Bonchev–Trinajstić information content (AvgIpc) is 2.86. The maximum atomic E-state index is 4.69. The number of hydrogen-bond donors (Lipinski definition) is 0. The van der Waals surface area contributed by atoms with E-state index < -0.39 is 0 Å². The number of thioether (sulfide) groups is 1. The van der Waals surface area contributed by atoms with E-state index in [2.05, 4.69) is 42.0 Å². The van der Waals surface area contributed by atoms with Crippen molar-refractivity contribution in [2.24, 2.45) is 0 Å². The van der Waals surface area contributed by atoms with Gasteiger partial charge < -0.3 is 4.90 Å². The summed E-state index contributed by atoms with van der Waals surface area (Å²) >= 11 is 3.72. The molecule has 2 aromatic heterocycles. The van der Waals surface area contributed by atoms with Crippen LogP contribution in [0.25, 0.3) is 4.96 Å². The quantitative estimate of drug-likeness (QED) is 0.805. The van der Waals surface area contributed by atoms with E-state index in [-0.39, 0.29) is 5.41 Å². The van der Waals surface area contributed by atoms with Gasteiger partial charge in [0.25, 0.3) is 0 Å². The van der Waals surface area contributed by atoms with Crippen LogP contribution in [0.4, 0.5) is 5.13 Å². The number of rotatable bonds is 1. The molecule has 0 saturated carbocycles. The molecule has 0 spiro atoms. The first-order valence-electron chi connectivity index (χ1n) is 6.23. The first-order valence-corrected chi connectivity index (χ1v) is 8.20. The van der Waals surface area contributed by atoms with Gasteiger partial charge in [-0.2, -0.15) is 11.8 Å². The van der Waals surface area contributed by atoms with Crippen molar-refractivity contribution in [2.75, 3.05) is 29.5 Å². The van der Waals surface area contributed by atoms with Crippen molar-refractivity contribution in [3.05, 3.63) is 11.9 Å². The highest BCUT2D eigenvalue weighted by Crippen LogP contribution is 2.28. The average molecular weight is 282 g/mol. The van der Waals surface area contributed by atoms with Crippen LogP contribution in [0.1, 0.15) is 26.5 Å². The Labute approximate surface area is 115 Å². The molecule has 0 unspecified atom stereocenters. The largest absolute Gasteiger partial charge is 0.345 e. The molecule has 0 aliphatic carbocycles. The first kappa shape index (κ1) is 12.3. The van der Waals surface area contributed by atoms with E-state index in [0.29, 0.717) is 0 Å². The second-order valence-corrected chi connectivity index (χ2v) is 7.75. The third kappa shape index (κ3) is 2.23. The zero-order valence-electron chi connectivity index (χ0n) is 11.0. The van der Waals surface area contributed by atoms with Gasteiger partial charge in [-0.1, -0.05) is 32.1 Å². The summed E-state index contributed by atoms with van der Waals surface area (Å²) in [7, 11) is 0. The van der Waals surface area contributed by atoms with E-state index in [4.69, 9.17) is 0 Å². The fourth-order valence-electron chi connectivity index (χ4n) is 1.93. The number of fused-ring (bicyclic) bond motifs is 1. The fraction of sp³-hybridized carbons (Fsp3) is 0.667. The number of anilines is 1. The van der Waals surface area contributed by atoms with Crippen LogP contribution in [0.5, 0.6) is 0 Å². The van der Waals surface area contributed by atoms with Crippen LogP contribution in [-0.2, 0) is 5.41 Å². The van der Waals surface area contributed by atoms with Crippen LogP contribution >= 0.6 is 23.1 Å². The van der Waals surface area contributed by atoms with Crippen molar-refractivity contribution in [1.82, 2.24) is 14.6 Å². The van der Waals surface area contributed by atoms with Crippen molar-refractivity contribution in [2.45, 2.75) is 26.2 Å². The second-order valence-electron chi connectivity index (χ2n) is 5.59. The normalized spacial score (nSPS) is 17.6. The zero-order chi connectivity index (χ0) is 12.8. The van der Waals surface area contributed by atoms with E-state index in [1.165, 1.54) is 11.5 Å². The van der Waals surface area contributed by atoms with Gasteiger partial charge in [0.05, 0.1) is 11.9 Å². The molecule has 0 aromatic carbocycles. The summed E-state index contributed by atoms with van der Waals surface area (Å²) < 4.78 is 1.93. The zero-order valence-corrected chi connectivity index (χ0v) is 12.6. The van der Waals surface area contributed by atoms with Gasteiger partial charge in [-0.3, -0.25) is 0 Å². The van der Waals surface area contributed by atoms with E-state index >= 15 is 0 Å². The molecular formula is C12H18N4S2. The maximum Gasteiger partial charge on any atom is 0.214 e. The Morgan fingerprint density at radius 1 is 1.22 bits per heavy atom. The number of imidazole rings is 1.